The number of benzene rings is 2. The van der Waals surface area contributed by atoms with E-state index in [-0.39, 0.29) is 6.10 Å². The van der Waals surface area contributed by atoms with Crippen LogP contribution in [0, 0.1) is 11.3 Å². The molecule has 0 N–H and O–H groups in total. The van der Waals surface area contributed by atoms with Gasteiger partial charge in [-0.2, -0.15) is 5.26 Å². The molecule has 2 aromatic rings. The van der Waals surface area contributed by atoms with E-state index >= 15 is 0 Å². The number of nitrogens with zero attached hydrogens (tertiary/aromatic N) is 2. The van der Waals surface area contributed by atoms with Gasteiger partial charge in [-0.15, -0.1) is 0 Å². The number of rotatable bonds is 5. The van der Waals surface area contributed by atoms with Gasteiger partial charge in [0.2, 0.25) is 0 Å². The van der Waals surface area contributed by atoms with Crippen LogP contribution in [0.2, 0.25) is 0 Å². The van der Waals surface area contributed by atoms with Crippen LogP contribution in [0.25, 0.3) is 5.70 Å². The molecule has 0 amide bonds. The van der Waals surface area contributed by atoms with E-state index < -0.39 is 0 Å². The minimum absolute atomic E-state index is 0.0302. The number of fused-ring (bicyclic) bond motifs is 1. The largest absolute Gasteiger partial charge is 0.490 e. The topological polar surface area (TPSA) is 45.4 Å². The van der Waals surface area contributed by atoms with Gasteiger partial charge in [-0.05, 0) is 74.9 Å². The number of ether oxygens (including phenoxy) is 1. The fraction of sp³-hybridized carbons (Fsp3) is 0.304. The fourth-order valence-corrected chi connectivity index (χ4v) is 3.42. The highest BCUT2D eigenvalue weighted by molar-refractivity contribution is 6.02. The van der Waals surface area contributed by atoms with Crippen molar-refractivity contribution in [3.63, 3.8) is 0 Å². The predicted octanol–water partition coefficient (Wildman–Crippen LogP) is 5.31. The Balaban J connectivity index is 1.89. The number of aryl methyl sites for hydroxylation is 1. The van der Waals surface area contributed by atoms with Crippen LogP contribution in [0.5, 0.6) is 5.75 Å². The molecule has 3 rings (SSSR count). The Morgan fingerprint density at radius 1 is 1.23 bits per heavy atom. The number of aliphatic imine (C=N–C) groups is 1. The highest BCUT2D eigenvalue weighted by Crippen LogP contribution is 2.30. The first-order valence-electron chi connectivity index (χ1n) is 9.06. The molecule has 2 aromatic carbocycles. The van der Waals surface area contributed by atoms with Gasteiger partial charge in [0.25, 0.3) is 0 Å². The monoisotopic (exact) mass is 344 g/mol. The number of hydrogen-bond acceptors (Lipinski definition) is 3. The molecule has 132 valence electrons. The van der Waals surface area contributed by atoms with E-state index in [0.717, 1.165) is 35.4 Å². The molecule has 1 aliphatic carbocycles. The Morgan fingerprint density at radius 2 is 2.04 bits per heavy atom. The third-order valence-corrected chi connectivity index (χ3v) is 4.64. The lowest BCUT2D eigenvalue weighted by atomic mass is 10.0. The summed E-state index contributed by atoms with van der Waals surface area (Å²) < 4.78 is 5.69. The van der Waals surface area contributed by atoms with Crippen LogP contribution in [0.1, 0.15) is 55.0 Å². The van der Waals surface area contributed by atoms with Crippen molar-refractivity contribution < 1.29 is 4.74 Å². The molecule has 0 heterocycles. The van der Waals surface area contributed by atoms with Gasteiger partial charge >= 0.3 is 0 Å². The maximum absolute atomic E-state index is 9.42. The molecule has 0 fully saturated rings. The summed E-state index contributed by atoms with van der Waals surface area (Å²) in [7, 11) is 0. The highest BCUT2D eigenvalue weighted by Gasteiger charge is 2.16. The van der Waals surface area contributed by atoms with Crippen LogP contribution < -0.4 is 4.74 Å². The second kappa shape index (κ2) is 7.58. The summed E-state index contributed by atoms with van der Waals surface area (Å²) >= 11 is 0. The molecular formula is C23H24N2O. The second-order valence-corrected chi connectivity index (χ2v) is 6.93. The Labute approximate surface area is 155 Å². The smallest absolute Gasteiger partial charge is 0.137 e. The minimum atomic E-state index is 0.0302. The van der Waals surface area contributed by atoms with Gasteiger partial charge in [-0.3, -0.25) is 4.99 Å². The molecule has 26 heavy (non-hydrogen) atoms. The lowest BCUT2D eigenvalue weighted by Gasteiger charge is -2.13. The molecule has 0 aromatic heterocycles. The van der Waals surface area contributed by atoms with E-state index in [0.29, 0.717) is 11.3 Å². The van der Waals surface area contributed by atoms with Crippen molar-refractivity contribution in [3.8, 4) is 11.8 Å². The van der Waals surface area contributed by atoms with E-state index in [9.17, 15) is 5.26 Å². The summed E-state index contributed by atoms with van der Waals surface area (Å²) in [6.45, 7) is 10.0. The van der Waals surface area contributed by atoms with Gasteiger partial charge in [-0.25, -0.2) is 0 Å². The lowest BCUT2D eigenvalue weighted by Crippen LogP contribution is -2.07. The summed E-state index contributed by atoms with van der Waals surface area (Å²) in [4.78, 5) is 4.73. The molecule has 0 saturated carbocycles. The second-order valence-electron chi connectivity index (χ2n) is 6.93. The highest BCUT2D eigenvalue weighted by atomic mass is 16.5. The zero-order chi connectivity index (χ0) is 18.7. The molecule has 0 atom stereocenters. The standard InChI is InChI=1S/C23H24N2O/c1-15(2)26-23-12-11-19(13-20(23)14-24)16(3)25-17(4)21-9-5-7-18-8-6-10-22(18)21/h5,7,9,11-13,15H,4,6,8,10H2,1-3H3. The summed E-state index contributed by atoms with van der Waals surface area (Å²) in [6.07, 6.45) is 3.47. The Bertz CT molecular complexity index is 916. The number of hydrogen-bond donors (Lipinski definition) is 0. The minimum Gasteiger partial charge on any atom is -0.490 e. The van der Waals surface area contributed by atoms with Gasteiger partial charge in [0, 0.05) is 11.3 Å². The summed E-state index contributed by atoms with van der Waals surface area (Å²) in [5.41, 5.74) is 6.99. The molecule has 1 aliphatic rings. The zero-order valence-corrected chi connectivity index (χ0v) is 15.7. The van der Waals surface area contributed by atoms with Crippen LogP contribution >= 0.6 is 0 Å². The average Bonchev–Trinajstić information content (AvgIpc) is 3.10. The van der Waals surface area contributed by atoms with Crippen molar-refractivity contribution in [1.29, 1.82) is 5.26 Å². The average molecular weight is 344 g/mol. The molecule has 3 nitrogen and oxygen atoms in total. The molecule has 0 bridgehead atoms. The van der Waals surface area contributed by atoms with E-state index in [1.165, 1.54) is 17.5 Å². The molecule has 0 spiro atoms. The SMILES string of the molecule is C=C(N=C(C)c1ccc(OC(C)C)c(C#N)c1)c1cccc2c1CCC2. The van der Waals surface area contributed by atoms with Crippen molar-refractivity contribution >= 4 is 11.4 Å². The summed E-state index contributed by atoms with van der Waals surface area (Å²) in [5, 5.41) is 9.42. The van der Waals surface area contributed by atoms with E-state index in [4.69, 9.17) is 9.73 Å². The Kier molecular flexibility index (Phi) is 5.23. The van der Waals surface area contributed by atoms with Crippen LogP contribution in [0.4, 0.5) is 0 Å². The van der Waals surface area contributed by atoms with Gasteiger partial charge < -0.3 is 4.74 Å². The normalized spacial score (nSPS) is 13.4. The third kappa shape index (κ3) is 3.70. The third-order valence-electron chi connectivity index (χ3n) is 4.64. The summed E-state index contributed by atoms with van der Waals surface area (Å²) in [6, 6.07) is 14.2. The van der Waals surface area contributed by atoms with Crippen molar-refractivity contribution in [3.05, 3.63) is 70.8 Å². The molecule has 0 aliphatic heterocycles. The van der Waals surface area contributed by atoms with Crippen molar-refractivity contribution in [2.45, 2.75) is 46.1 Å². The summed E-state index contributed by atoms with van der Waals surface area (Å²) in [5.74, 6) is 0.610. The van der Waals surface area contributed by atoms with E-state index in [1.807, 2.05) is 39.0 Å². The molecule has 0 unspecified atom stereocenters. The van der Waals surface area contributed by atoms with Crippen LogP contribution in [0.15, 0.2) is 48.0 Å². The molecule has 0 saturated heterocycles. The quantitative estimate of drug-likeness (QED) is 0.690. The van der Waals surface area contributed by atoms with Crippen LogP contribution in [-0.4, -0.2) is 11.8 Å². The first kappa shape index (κ1) is 17.9. The van der Waals surface area contributed by atoms with Crippen molar-refractivity contribution in [2.24, 2.45) is 4.99 Å². The van der Waals surface area contributed by atoms with Gasteiger partial charge in [-0.1, -0.05) is 24.8 Å². The van der Waals surface area contributed by atoms with Gasteiger partial charge in [0.1, 0.15) is 11.8 Å². The maximum Gasteiger partial charge on any atom is 0.137 e. The van der Waals surface area contributed by atoms with E-state index in [2.05, 4.69) is 30.8 Å². The lowest BCUT2D eigenvalue weighted by molar-refractivity contribution is 0.241. The first-order chi connectivity index (χ1) is 12.5. The van der Waals surface area contributed by atoms with Crippen LogP contribution in [-0.2, 0) is 12.8 Å². The fourth-order valence-electron chi connectivity index (χ4n) is 3.42. The zero-order valence-electron chi connectivity index (χ0n) is 15.7. The number of nitriles is 1. The predicted molar refractivity (Wildman–Crippen MR) is 107 cm³/mol. The van der Waals surface area contributed by atoms with Crippen LogP contribution in [0.3, 0.4) is 0 Å². The molecule has 0 radical (unpaired) electrons. The van der Waals surface area contributed by atoms with Crippen molar-refractivity contribution in [1.82, 2.24) is 0 Å². The van der Waals surface area contributed by atoms with Crippen molar-refractivity contribution in [2.75, 3.05) is 0 Å². The van der Waals surface area contributed by atoms with Gasteiger partial charge in [0.15, 0.2) is 0 Å². The maximum atomic E-state index is 9.42. The molecular weight excluding hydrogens is 320 g/mol. The first-order valence-corrected chi connectivity index (χ1v) is 9.06. The molecule has 3 heteroatoms. The van der Waals surface area contributed by atoms with E-state index in [1.54, 1.807) is 0 Å². The Hall–Kier alpha value is -2.86. The Morgan fingerprint density at radius 3 is 2.77 bits per heavy atom. The van der Waals surface area contributed by atoms with Gasteiger partial charge in [0.05, 0.1) is 17.4 Å².